The molecule has 0 spiro atoms. The molecule has 1 saturated carbocycles. The number of nitrogens with zero attached hydrogens (tertiary/aromatic N) is 2. The minimum atomic E-state index is -0.152. The number of thioether (sulfide) groups is 1. The second-order valence-corrected chi connectivity index (χ2v) is 9.69. The Kier molecular flexibility index (Phi) is 8.64. The van der Waals surface area contributed by atoms with Crippen molar-refractivity contribution in [1.82, 2.24) is 14.9 Å². The number of carbonyl (C=O) groups excluding carboxylic acids is 1. The van der Waals surface area contributed by atoms with E-state index >= 15 is 0 Å². The summed E-state index contributed by atoms with van der Waals surface area (Å²) in [5.41, 5.74) is 1.63. The number of nitrogens with one attached hydrogen (secondary N) is 1. The van der Waals surface area contributed by atoms with Crippen LogP contribution in [0.3, 0.4) is 0 Å². The van der Waals surface area contributed by atoms with Crippen molar-refractivity contribution >= 4 is 17.7 Å². The second kappa shape index (κ2) is 11.2. The number of amides is 1. The maximum Gasteiger partial charge on any atom is 0.257 e. The fraction of sp³-hybridized carbons (Fsp3) is 0.783. The van der Waals surface area contributed by atoms with Crippen LogP contribution in [0.4, 0.5) is 0 Å². The van der Waals surface area contributed by atoms with Crippen LogP contribution in [0.2, 0.25) is 0 Å². The van der Waals surface area contributed by atoms with Gasteiger partial charge in [-0.15, -0.1) is 0 Å². The molecule has 5 nitrogen and oxygen atoms in total. The Labute approximate surface area is 179 Å². The average Bonchev–Trinajstić information content (AvgIpc) is 2.70. The molecule has 1 fully saturated rings. The van der Waals surface area contributed by atoms with Gasteiger partial charge in [-0.1, -0.05) is 76.5 Å². The van der Waals surface area contributed by atoms with Crippen LogP contribution in [0, 0.1) is 12.8 Å². The first-order valence-electron chi connectivity index (χ1n) is 11.6. The zero-order chi connectivity index (χ0) is 20.6. The average molecular weight is 420 g/mol. The molecule has 2 aliphatic rings. The number of aromatic nitrogens is 2. The van der Waals surface area contributed by atoms with Gasteiger partial charge in [0.05, 0.1) is 5.92 Å². The molecule has 1 amide bonds. The molecule has 0 radical (unpaired) electrons. The molecule has 1 atom stereocenters. The number of aryl methyl sites for hydroxylation is 1. The van der Waals surface area contributed by atoms with Crippen molar-refractivity contribution in [2.45, 2.75) is 109 Å². The quantitative estimate of drug-likeness (QED) is 0.726. The third kappa shape index (κ3) is 6.09. The molecule has 0 aromatic carbocycles. The molecule has 162 valence electrons. The van der Waals surface area contributed by atoms with Crippen molar-refractivity contribution in [3.05, 3.63) is 21.6 Å². The molecule has 1 aliphatic heterocycles. The predicted molar refractivity (Wildman–Crippen MR) is 120 cm³/mol. The van der Waals surface area contributed by atoms with E-state index in [-0.39, 0.29) is 23.4 Å². The number of fused-ring (bicyclic) bond motifs is 1. The summed E-state index contributed by atoms with van der Waals surface area (Å²) in [7, 11) is 0. The lowest BCUT2D eigenvalue weighted by molar-refractivity contribution is -0.125. The lowest BCUT2D eigenvalue weighted by Gasteiger charge is -2.27. The van der Waals surface area contributed by atoms with Crippen molar-refractivity contribution in [1.29, 1.82) is 0 Å². The van der Waals surface area contributed by atoms with Crippen molar-refractivity contribution in [2.75, 3.05) is 5.75 Å². The van der Waals surface area contributed by atoms with Crippen molar-refractivity contribution in [2.24, 2.45) is 5.92 Å². The number of hydrogen-bond acceptors (Lipinski definition) is 4. The maximum absolute atomic E-state index is 13.0. The summed E-state index contributed by atoms with van der Waals surface area (Å²) in [6.45, 7) is 4.35. The first-order valence-corrected chi connectivity index (χ1v) is 12.6. The summed E-state index contributed by atoms with van der Waals surface area (Å²) in [5.74, 6) is 0.669. The Morgan fingerprint density at radius 1 is 1.07 bits per heavy atom. The van der Waals surface area contributed by atoms with Gasteiger partial charge >= 0.3 is 0 Å². The lowest BCUT2D eigenvalue weighted by Crippen LogP contribution is -2.44. The molecule has 29 heavy (non-hydrogen) atoms. The normalized spacial score (nSPS) is 22.2. The minimum absolute atomic E-state index is 0.0333. The summed E-state index contributed by atoms with van der Waals surface area (Å²) >= 11 is 1.54. The van der Waals surface area contributed by atoms with E-state index in [2.05, 4.69) is 10.3 Å². The summed E-state index contributed by atoms with van der Waals surface area (Å²) < 4.78 is 1.73. The van der Waals surface area contributed by atoms with Gasteiger partial charge in [0.25, 0.3) is 5.56 Å². The Bertz CT molecular complexity index is 734. The fourth-order valence-corrected chi connectivity index (χ4v) is 5.71. The van der Waals surface area contributed by atoms with Crippen LogP contribution in [0.25, 0.3) is 0 Å². The molecule has 0 saturated heterocycles. The summed E-state index contributed by atoms with van der Waals surface area (Å²) in [5, 5.41) is 4.11. The molecular weight excluding hydrogens is 382 g/mol. The fourth-order valence-electron chi connectivity index (χ4n) is 4.59. The topological polar surface area (TPSA) is 64.0 Å². The SMILES string of the molecule is CCc1c(C)nc2n(c1=O)CC(C(=O)NC1CCCCCCCCCCC1)CS2. The smallest absolute Gasteiger partial charge is 0.257 e. The van der Waals surface area contributed by atoms with E-state index in [0.717, 1.165) is 29.3 Å². The third-order valence-corrected chi connectivity index (χ3v) is 7.57. The highest BCUT2D eigenvalue weighted by molar-refractivity contribution is 7.99. The molecule has 1 aromatic heterocycles. The van der Waals surface area contributed by atoms with E-state index in [1.165, 1.54) is 57.8 Å². The van der Waals surface area contributed by atoms with E-state index < -0.39 is 0 Å². The standard InChI is InChI=1S/C23H37N3O2S/c1-3-20-17(2)24-23-26(22(20)28)15-18(16-29-23)21(27)25-19-13-11-9-7-5-4-6-8-10-12-14-19/h18-19H,3-16H2,1-2H3,(H,25,27). The van der Waals surface area contributed by atoms with Crippen molar-refractivity contribution < 1.29 is 4.79 Å². The molecule has 1 aliphatic carbocycles. The molecule has 3 rings (SSSR count). The van der Waals surface area contributed by atoms with E-state index in [1.54, 1.807) is 16.3 Å². The maximum atomic E-state index is 13.0. The highest BCUT2D eigenvalue weighted by Crippen LogP contribution is 2.26. The van der Waals surface area contributed by atoms with Gasteiger partial charge in [-0.2, -0.15) is 0 Å². The van der Waals surface area contributed by atoms with Crippen LogP contribution in [0.15, 0.2) is 9.95 Å². The van der Waals surface area contributed by atoms with Gasteiger partial charge in [-0.05, 0) is 26.2 Å². The zero-order valence-corrected chi connectivity index (χ0v) is 19.0. The van der Waals surface area contributed by atoms with Crippen LogP contribution in [-0.2, 0) is 17.8 Å². The minimum Gasteiger partial charge on any atom is -0.353 e. The van der Waals surface area contributed by atoms with Gasteiger partial charge in [-0.3, -0.25) is 14.2 Å². The van der Waals surface area contributed by atoms with Gasteiger partial charge in [-0.25, -0.2) is 4.98 Å². The van der Waals surface area contributed by atoms with Gasteiger partial charge in [0.1, 0.15) is 0 Å². The van der Waals surface area contributed by atoms with E-state index in [1.807, 2.05) is 13.8 Å². The highest BCUT2D eigenvalue weighted by atomic mass is 32.2. The Morgan fingerprint density at radius 2 is 1.66 bits per heavy atom. The Hall–Kier alpha value is -1.30. The van der Waals surface area contributed by atoms with Gasteiger partial charge in [0, 0.05) is 29.6 Å². The van der Waals surface area contributed by atoms with E-state index in [9.17, 15) is 9.59 Å². The molecule has 1 unspecified atom stereocenters. The Morgan fingerprint density at radius 3 is 2.24 bits per heavy atom. The van der Waals surface area contributed by atoms with Gasteiger partial charge in [0.15, 0.2) is 5.16 Å². The van der Waals surface area contributed by atoms with Gasteiger partial charge in [0.2, 0.25) is 5.91 Å². The molecular formula is C23H37N3O2S. The summed E-state index contributed by atoms with van der Waals surface area (Å²) in [6.07, 6.45) is 14.6. The molecule has 6 heteroatoms. The first kappa shape index (κ1) is 22.4. The molecule has 1 aromatic rings. The monoisotopic (exact) mass is 419 g/mol. The summed E-state index contributed by atoms with van der Waals surface area (Å²) in [4.78, 5) is 30.4. The molecule has 2 heterocycles. The zero-order valence-electron chi connectivity index (χ0n) is 18.2. The number of rotatable bonds is 3. The van der Waals surface area contributed by atoms with E-state index in [4.69, 9.17) is 0 Å². The van der Waals surface area contributed by atoms with Gasteiger partial charge < -0.3 is 5.32 Å². The van der Waals surface area contributed by atoms with Crippen LogP contribution in [0.1, 0.15) is 88.8 Å². The first-order chi connectivity index (χ1) is 14.1. The number of hydrogen-bond donors (Lipinski definition) is 1. The molecule has 0 bridgehead atoms. The largest absolute Gasteiger partial charge is 0.353 e. The van der Waals surface area contributed by atoms with E-state index in [0.29, 0.717) is 18.7 Å². The van der Waals surface area contributed by atoms with Crippen LogP contribution >= 0.6 is 11.8 Å². The van der Waals surface area contributed by atoms with Crippen molar-refractivity contribution in [3.63, 3.8) is 0 Å². The third-order valence-electron chi connectivity index (χ3n) is 6.43. The molecule has 1 N–H and O–H groups in total. The predicted octanol–water partition coefficient (Wildman–Crippen LogP) is 4.63. The van der Waals surface area contributed by atoms with Crippen molar-refractivity contribution in [3.8, 4) is 0 Å². The Balaban J connectivity index is 1.62. The summed E-state index contributed by atoms with van der Waals surface area (Å²) in [6, 6.07) is 0.285. The van der Waals surface area contributed by atoms with Crippen LogP contribution in [-0.4, -0.2) is 27.3 Å². The second-order valence-electron chi connectivity index (χ2n) is 8.70. The van der Waals surface area contributed by atoms with Crippen LogP contribution < -0.4 is 10.9 Å². The highest BCUT2D eigenvalue weighted by Gasteiger charge is 2.29. The van der Waals surface area contributed by atoms with Crippen LogP contribution in [0.5, 0.6) is 0 Å². The lowest BCUT2D eigenvalue weighted by atomic mass is 9.97. The number of carbonyl (C=O) groups is 1.